The molecule has 1 N–H and O–H groups in total. The second-order valence-corrected chi connectivity index (χ2v) is 4.44. The smallest absolute Gasteiger partial charge is 0.134 e. The van der Waals surface area contributed by atoms with Crippen LogP contribution in [0.25, 0.3) is 11.0 Å². The lowest BCUT2D eigenvalue weighted by Gasteiger charge is -2.05. The Kier molecular flexibility index (Phi) is 4.65. The van der Waals surface area contributed by atoms with Gasteiger partial charge < -0.3 is 14.5 Å². The fourth-order valence-corrected chi connectivity index (χ4v) is 1.91. The third-order valence-corrected chi connectivity index (χ3v) is 2.84. The summed E-state index contributed by atoms with van der Waals surface area (Å²) in [4.78, 5) is 0. The van der Waals surface area contributed by atoms with Crippen molar-refractivity contribution < 1.29 is 9.15 Å². The van der Waals surface area contributed by atoms with Crippen molar-refractivity contribution in [3.05, 3.63) is 30.0 Å². The summed E-state index contributed by atoms with van der Waals surface area (Å²) in [6.45, 7) is 6.90. The third kappa shape index (κ3) is 3.05. The van der Waals surface area contributed by atoms with Gasteiger partial charge >= 0.3 is 0 Å². The minimum Gasteiger partial charge on any atom is -0.494 e. The van der Waals surface area contributed by atoms with Crippen LogP contribution in [0.4, 0.5) is 0 Å². The quantitative estimate of drug-likeness (QED) is 0.757. The molecule has 0 saturated heterocycles. The van der Waals surface area contributed by atoms with Crippen LogP contribution in [0.1, 0.15) is 32.3 Å². The zero-order valence-electron chi connectivity index (χ0n) is 11.2. The molecule has 2 rings (SSSR count). The largest absolute Gasteiger partial charge is 0.494 e. The maximum absolute atomic E-state index is 5.65. The van der Waals surface area contributed by atoms with E-state index < -0.39 is 0 Å². The lowest BCUT2D eigenvalue weighted by Crippen LogP contribution is -2.13. The second-order valence-electron chi connectivity index (χ2n) is 4.44. The van der Waals surface area contributed by atoms with Gasteiger partial charge in [0.1, 0.15) is 11.3 Å². The molecule has 0 amide bonds. The molecule has 3 heteroatoms. The van der Waals surface area contributed by atoms with Gasteiger partial charge in [0.2, 0.25) is 0 Å². The standard InChI is InChI=1S/C15H21NO2/c1-3-7-16-10-12-11-18-15-6-5-13(9-14(12)15)17-8-4-2/h5-6,9,11,16H,3-4,7-8,10H2,1-2H3. The van der Waals surface area contributed by atoms with Gasteiger partial charge in [-0.15, -0.1) is 0 Å². The molecule has 0 bridgehead atoms. The molecule has 0 saturated carbocycles. The summed E-state index contributed by atoms with van der Waals surface area (Å²) in [6.07, 6.45) is 3.99. The van der Waals surface area contributed by atoms with Crippen LogP contribution in [-0.2, 0) is 6.54 Å². The van der Waals surface area contributed by atoms with E-state index in [0.717, 1.165) is 49.3 Å². The highest BCUT2D eigenvalue weighted by Crippen LogP contribution is 2.25. The summed E-state index contributed by atoms with van der Waals surface area (Å²) in [5.41, 5.74) is 2.12. The van der Waals surface area contributed by atoms with Crippen LogP contribution in [-0.4, -0.2) is 13.2 Å². The SMILES string of the molecule is CCCNCc1coc2ccc(OCCC)cc12. The molecule has 1 aromatic heterocycles. The molecule has 0 spiro atoms. The van der Waals surface area contributed by atoms with E-state index in [1.165, 1.54) is 5.56 Å². The minimum absolute atomic E-state index is 0.757. The van der Waals surface area contributed by atoms with Crippen molar-refractivity contribution >= 4 is 11.0 Å². The molecule has 2 aromatic rings. The molecular formula is C15H21NO2. The molecule has 1 aromatic carbocycles. The number of hydrogen-bond donors (Lipinski definition) is 1. The van der Waals surface area contributed by atoms with E-state index in [1.807, 2.05) is 18.4 Å². The Labute approximate surface area is 108 Å². The van der Waals surface area contributed by atoms with Crippen molar-refractivity contribution in [2.75, 3.05) is 13.2 Å². The number of benzene rings is 1. The first-order valence-corrected chi connectivity index (χ1v) is 6.68. The number of nitrogens with one attached hydrogen (secondary N) is 1. The van der Waals surface area contributed by atoms with Gasteiger partial charge in [-0.25, -0.2) is 0 Å². The zero-order valence-corrected chi connectivity index (χ0v) is 11.2. The van der Waals surface area contributed by atoms with E-state index in [4.69, 9.17) is 9.15 Å². The van der Waals surface area contributed by atoms with Gasteiger partial charge in [0, 0.05) is 17.5 Å². The van der Waals surface area contributed by atoms with Crippen molar-refractivity contribution in [2.24, 2.45) is 0 Å². The molecule has 0 unspecified atom stereocenters. The highest BCUT2D eigenvalue weighted by Gasteiger charge is 2.06. The molecule has 0 fully saturated rings. The number of ether oxygens (including phenoxy) is 1. The first kappa shape index (κ1) is 13.0. The van der Waals surface area contributed by atoms with Crippen molar-refractivity contribution in [1.29, 1.82) is 0 Å². The molecule has 0 atom stereocenters. The number of furan rings is 1. The van der Waals surface area contributed by atoms with Crippen LogP contribution < -0.4 is 10.1 Å². The summed E-state index contributed by atoms with van der Waals surface area (Å²) in [5, 5.41) is 4.54. The van der Waals surface area contributed by atoms with Crippen LogP contribution in [0, 0.1) is 0 Å². The Hall–Kier alpha value is -1.48. The Morgan fingerprint density at radius 1 is 1.22 bits per heavy atom. The van der Waals surface area contributed by atoms with Gasteiger partial charge in [0.05, 0.1) is 12.9 Å². The van der Waals surface area contributed by atoms with Gasteiger partial charge in [-0.3, -0.25) is 0 Å². The van der Waals surface area contributed by atoms with Crippen molar-refractivity contribution in [2.45, 2.75) is 33.2 Å². The maximum Gasteiger partial charge on any atom is 0.134 e. The summed E-state index contributed by atoms with van der Waals surface area (Å²) >= 11 is 0. The normalized spacial score (nSPS) is 11.0. The van der Waals surface area contributed by atoms with Gasteiger partial charge in [-0.05, 0) is 37.6 Å². The first-order chi connectivity index (χ1) is 8.85. The van der Waals surface area contributed by atoms with Crippen molar-refractivity contribution in [3.8, 4) is 5.75 Å². The highest BCUT2D eigenvalue weighted by molar-refractivity contribution is 5.82. The Morgan fingerprint density at radius 3 is 2.89 bits per heavy atom. The van der Waals surface area contributed by atoms with E-state index in [2.05, 4.69) is 25.2 Å². The Balaban J connectivity index is 2.14. The van der Waals surface area contributed by atoms with Gasteiger partial charge in [-0.2, -0.15) is 0 Å². The molecule has 0 aliphatic carbocycles. The van der Waals surface area contributed by atoms with Crippen molar-refractivity contribution in [3.63, 3.8) is 0 Å². The van der Waals surface area contributed by atoms with Gasteiger partial charge in [0.25, 0.3) is 0 Å². The maximum atomic E-state index is 5.65. The Bertz CT molecular complexity index is 490. The van der Waals surface area contributed by atoms with E-state index in [0.29, 0.717) is 0 Å². The topological polar surface area (TPSA) is 34.4 Å². The zero-order chi connectivity index (χ0) is 12.8. The number of fused-ring (bicyclic) bond motifs is 1. The molecule has 98 valence electrons. The predicted octanol–water partition coefficient (Wildman–Crippen LogP) is 3.72. The number of rotatable bonds is 7. The number of hydrogen-bond acceptors (Lipinski definition) is 3. The average molecular weight is 247 g/mol. The predicted molar refractivity (Wildman–Crippen MR) is 74.0 cm³/mol. The average Bonchev–Trinajstić information content (AvgIpc) is 2.79. The van der Waals surface area contributed by atoms with Gasteiger partial charge in [-0.1, -0.05) is 13.8 Å². The molecular weight excluding hydrogens is 226 g/mol. The summed E-state index contributed by atoms with van der Waals surface area (Å²) < 4.78 is 11.2. The van der Waals surface area contributed by atoms with Crippen molar-refractivity contribution in [1.82, 2.24) is 5.32 Å². The monoisotopic (exact) mass is 247 g/mol. The lowest BCUT2D eigenvalue weighted by atomic mass is 10.1. The highest BCUT2D eigenvalue weighted by atomic mass is 16.5. The van der Waals surface area contributed by atoms with Crippen LogP contribution in [0.15, 0.2) is 28.9 Å². The molecule has 0 radical (unpaired) electrons. The molecule has 18 heavy (non-hydrogen) atoms. The lowest BCUT2D eigenvalue weighted by molar-refractivity contribution is 0.318. The van der Waals surface area contributed by atoms with E-state index in [-0.39, 0.29) is 0 Å². The summed E-state index contributed by atoms with van der Waals surface area (Å²) in [5.74, 6) is 0.919. The second kappa shape index (κ2) is 6.45. The van der Waals surface area contributed by atoms with E-state index >= 15 is 0 Å². The van der Waals surface area contributed by atoms with E-state index in [9.17, 15) is 0 Å². The van der Waals surface area contributed by atoms with Crippen LogP contribution in [0.2, 0.25) is 0 Å². The molecule has 0 aliphatic heterocycles. The van der Waals surface area contributed by atoms with Crippen LogP contribution in [0.3, 0.4) is 0 Å². The van der Waals surface area contributed by atoms with Gasteiger partial charge in [0.15, 0.2) is 0 Å². The fourth-order valence-electron chi connectivity index (χ4n) is 1.91. The Morgan fingerprint density at radius 2 is 2.11 bits per heavy atom. The molecule has 1 heterocycles. The van der Waals surface area contributed by atoms with Crippen LogP contribution >= 0.6 is 0 Å². The summed E-state index contributed by atoms with van der Waals surface area (Å²) in [7, 11) is 0. The third-order valence-electron chi connectivity index (χ3n) is 2.84. The molecule has 0 aliphatic rings. The first-order valence-electron chi connectivity index (χ1n) is 6.68. The van der Waals surface area contributed by atoms with E-state index in [1.54, 1.807) is 0 Å². The minimum atomic E-state index is 0.757. The molecule has 3 nitrogen and oxygen atoms in total. The summed E-state index contributed by atoms with van der Waals surface area (Å²) in [6, 6.07) is 6.01. The fraction of sp³-hybridized carbons (Fsp3) is 0.467. The van der Waals surface area contributed by atoms with Crippen LogP contribution in [0.5, 0.6) is 5.75 Å².